The highest BCUT2D eigenvalue weighted by molar-refractivity contribution is 6.36. The average molecular weight is 178 g/mol. The molecule has 1 aromatic rings. The first kappa shape index (κ1) is 9.64. The van der Waals surface area contributed by atoms with Crippen LogP contribution in [0.4, 0.5) is 0 Å². The molecular formula is C9H11BO3. The molecule has 0 atom stereocenters. The van der Waals surface area contributed by atoms with Crippen molar-refractivity contribution in [2.75, 3.05) is 14.2 Å². The van der Waals surface area contributed by atoms with Crippen molar-refractivity contribution in [3.05, 3.63) is 23.8 Å². The topological polar surface area (TPSA) is 35.5 Å². The molecule has 0 aromatic heterocycles. The van der Waals surface area contributed by atoms with Crippen LogP contribution >= 0.6 is 0 Å². The van der Waals surface area contributed by atoms with E-state index >= 15 is 0 Å². The van der Waals surface area contributed by atoms with E-state index in [9.17, 15) is 4.79 Å². The van der Waals surface area contributed by atoms with Crippen molar-refractivity contribution in [3.63, 3.8) is 0 Å². The van der Waals surface area contributed by atoms with Crippen molar-refractivity contribution in [1.29, 1.82) is 0 Å². The summed E-state index contributed by atoms with van der Waals surface area (Å²) in [5, 5.41) is 0. The number of esters is 1. The SMILES string of the molecule is Bc1ccc(OC)cc1C(=O)OC. The molecule has 0 heterocycles. The highest BCUT2D eigenvalue weighted by atomic mass is 16.5. The largest absolute Gasteiger partial charge is 0.497 e. The average Bonchev–Trinajstić information content (AvgIpc) is 2.17. The molecule has 13 heavy (non-hydrogen) atoms. The molecule has 1 aromatic carbocycles. The summed E-state index contributed by atoms with van der Waals surface area (Å²) in [7, 11) is 4.78. The first-order valence-electron chi connectivity index (χ1n) is 3.92. The van der Waals surface area contributed by atoms with Gasteiger partial charge in [0.2, 0.25) is 0 Å². The van der Waals surface area contributed by atoms with Gasteiger partial charge in [-0.2, -0.15) is 0 Å². The molecule has 0 aliphatic heterocycles. The molecule has 68 valence electrons. The minimum absolute atomic E-state index is 0.337. The van der Waals surface area contributed by atoms with Crippen molar-refractivity contribution >= 4 is 19.3 Å². The summed E-state index contributed by atoms with van der Waals surface area (Å²) in [5.74, 6) is 0.322. The van der Waals surface area contributed by atoms with Gasteiger partial charge in [0.1, 0.15) is 13.6 Å². The smallest absolute Gasteiger partial charge is 0.337 e. The quantitative estimate of drug-likeness (QED) is 0.462. The Hall–Kier alpha value is -1.45. The van der Waals surface area contributed by atoms with Crippen molar-refractivity contribution in [1.82, 2.24) is 0 Å². The van der Waals surface area contributed by atoms with Crippen LogP contribution in [-0.2, 0) is 4.74 Å². The van der Waals surface area contributed by atoms with E-state index < -0.39 is 0 Å². The van der Waals surface area contributed by atoms with Gasteiger partial charge in [-0.15, -0.1) is 0 Å². The van der Waals surface area contributed by atoms with Crippen molar-refractivity contribution < 1.29 is 14.3 Å². The first-order valence-corrected chi connectivity index (χ1v) is 3.92. The third-order valence-electron chi connectivity index (χ3n) is 1.85. The Morgan fingerprint density at radius 3 is 2.62 bits per heavy atom. The lowest BCUT2D eigenvalue weighted by Gasteiger charge is -2.05. The number of hydrogen-bond acceptors (Lipinski definition) is 3. The number of ether oxygens (including phenoxy) is 2. The highest BCUT2D eigenvalue weighted by Gasteiger charge is 2.09. The van der Waals surface area contributed by atoms with Crippen LogP contribution in [0.5, 0.6) is 5.75 Å². The Bertz CT molecular complexity index is 323. The molecule has 0 N–H and O–H groups in total. The molecule has 0 spiro atoms. The molecule has 0 saturated heterocycles. The molecule has 4 heteroatoms. The monoisotopic (exact) mass is 178 g/mol. The second-order valence-corrected chi connectivity index (χ2v) is 2.67. The molecule has 0 amide bonds. The van der Waals surface area contributed by atoms with Crippen LogP contribution < -0.4 is 10.2 Å². The van der Waals surface area contributed by atoms with Gasteiger partial charge in [0.15, 0.2) is 0 Å². The van der Waals surface area contributed by atoms with Crippen molar-refractivity contribution in [2.45, 2.75) is 0 Å². The van der Waals surface area contributed by atoms with E-state index in [4.69, 9.17) is 4.74 Å². The zero-order chi connectivity index (χ0) is 9.84. The zero-order valence-corrected chi connectivity index (χ0v) is 7.96. The first-order chi connectivity index (χ1) is 6.19. The summed E-state index contributed by atoms with van der Waals surface area (Å²) in [6, 6.07) is 5.30. The molecule has 0 bridgehead atoms. The molecule has 0 saturated carbocycles. The summed E-state index contributed by atoms with van der Waals surface area (Å²) in [5.41, 5.74) is 1.43. The Kier molecular flexibility index (Phi) is 2.95. The molecule has 0 fully saturated rings. The van der Waals surface area contributed by atoms with Gasteiger partial charge in [-0.3, -0.25) is 0 Å². The van der Waals surface area contributed by atoms with Crippen LogP contribution in [0.1, 0.15) is 10.4 Å². The van der Waals surface area contributed by atoms with Gasteiger partial charge in [0, 0.05) is 0 Å². The van der Waals surface area contributed by atoms with E-state index in [2.05, 4.69) is 4.74 Å². The van der Waals surface area contributed by atoms with E-state index in [1.54, 1.807) is 13.2 Å². The predicted molar refractivity (Wildman–Crippen MR) is 52.5 cm³/mol. The van der Waals surface area contributed by atoms with Gasteiger partial charge in [-0.25, -0.2) is 4.79 Å². The van der Waals surface area contributed by atoms with Gasteiger partial charge < -0.3 is 9.47 Å². The van der Waals surface area contributed by atoms with Gasteiger partial charge in [-0.05, 0) is 12.1 Å². The number of methoxy groups -OCH3 is 2. The normalized spacial score (nSPS) is 9.38. The number of benzene rings is 1. The fourth-order valence-electron chi connectivity index (χ4n) is 1.06. The highest BCUT2D eigenvalue weighted by Crippen LogP contribution is 2.10. The molecule has 0 radical (unpaired) electrons. The molecule has 0 aliphatic rings. The summed E-state index contributed by atoms with van der Waals surface area (Å²) in [6.07, 6.45) is 0. The lowest BCUT2D eigenvalue weighted by Crippen LogP contribution is -2.16. The Labute approximate surface area is 78.1 Å². The van der Waals surface area contributed by atoms with Crippen molar-refractivity contribution in [2.24, 2.45) is 0 Å². The fourth-order valence-corrected chi connectivity index (χ4v) is 1.06. The van der Waals surface area contributed by atoms with Crippen LogP contribution in [0.2, 0.25) is 0 Å². The number of carbonyl (C=O) groups excluding carboxylic acids is 1. The number of hydrogen-bond donors (Lipinski definition) is 0. The van der Waals surface area contributed by atoms with E-state index in [0.717, 1.165) is 5.46 Å². The maximum Gasteiger partial charge on any atom is 0.337 e. The Balaban J connectivity index is 3.11. The van der Waals surface area contributed by atoms with Gasteiger partial charge in [0.25, 0.3) is 0 Å². The molecule has 0 unspecified atom stereocenters. The number of rotatable bonds is 2. The zero-order valence-electron chi connectivity index (χ0n) is 7.96. The minimum Gasteiger partial charge on any atom is -0.497 e. The van der Waals surface area contributed by atoms with Crippen LogP contribution in [0.3, 0.4) is 0 Å². The maximum atomic E-state index is 11.2. The van der Waals surface area contributed by atoms with E-state index in [1.165, 1.54) is 7.11 Å². The lowest BCUT2D eigenvalue weighted by molar-refractivity contribution is 0.0602. The Morgan fingerprint density at radius 1 is 1.38 bits per heavy atom. The maximum absolute atomic E-state index is 11.2. The van der Waals surface area contributed by atoms with Crippen LogP contribution in [-0.4, -0.2) is 28.0 Å². The molecule has 1 rings (SSSR count). The third-order valence-corrected chi connectivity index (χ3v) is 1.85. The fraction of sp³-hybridized carbons (Fsp3) is 0.222. The lowest BCUT2D eigenvalue weighted by atomic mass is 9.90. The van der Waals surface area contributed by atoms with E-state index in [1.807, 2.05) is 20.0 Å². The second-order valence-electron chi connectivity index (χ2n) is 2.67. The van der Waals surface area contributed by atoms with E-state index in [0.29, 0.717) is 11.3 Å². The standard InChI is InChI=1S/C9H11BO3/c1-12-6-3-4-8(10)7(5-6)9(11)13-2/h3-5H,10H2,1-2H3. The summed E-state index contributed by atoms with van der Waals surface area (Å²) in [6.45, 7) is 0. The molecular weight excluding hydrogens is 167 g/mol. The summed E-state index contributed by atoms with van der Waals surface area (Å²) >= 11 is 0. The van der Waals surface area contributed by atoms with Crippen LogP contribution in [0.25, 0.3) is 0 Å². The van der Waals surface area contributed by atoms with Crippen LogP contribution in [0.15, 0.2) is 18.2 Å². The summed E-state index contributed by atoms with van der Waals surface area (Å²) < 4.78 is 9.62. The van der Waals surface area contributed by atoms with E-state index in [-0.39, 0.29) is 5.97 Å². The summed E-state index contributed by atoms with van der Waals surface area (Å²) in [4.78, 5) is 11.2. The Morgan fingerprint density at radius 2 is 2.08 bits per heavy atom. The minimum atomic E-state index is -0.337. The van der Waals surface area contributed by atoms with Gasteiger partial charge in [0.05, 0.1) is 19.8 Å². The molecule has 3 nitrogen and oxygen atoms in total. The predicted octanol–water partition coefficient (Wildman–Crippen LogP) is -0.260. The third kappa shape index (κ3) is 2.02. The van der Waals surface area contributed by atoms with Crippen molar-refractivity contribution in [3.8, 4) is 5.75 Å². The molecule has 0 aliphatic carbocycles. The van der Waals surface area contributed by atoms with Gasteiger partial charge in [-0.1, -0.05) is 11.5 Å². The van der Waals surface area contributed by atoms with Gasteiger partial charge >= 0.3 is 5.97 Å². The number of carbonyl (C=O) groups is 1. The second kappa shape index (κ2) is 3.98. The van der Waals surface area contributed by atoms with Crippen LogP contribution in [0, 0.1) is 0 Å².